The summed E-state index contributed by atoms with van der Waals surface area (Å²) in [7, 11) is -1.83. The first-order valence-electron chi connectivity index (χ1n) is 9.61. The molecule has 2 atom stereocenters. The first kappa shape index (κ1) is 18.1. The van der Waals surface area contributed by atoms with Crippen molar-refractivity contribution in [1.82, 2.24) is 9.21 Å². The van der Waals surface area contributed by atoms with Gasteiger partial charge in [0.1, 0.15) is 5.76 Å². The summed E-state index contributed by atoms with van der Waals surface area (Å²) in [6.07, 6.45) is 13.4. The second-order valence-corrected chi connectivity index (χ2v) is 9.88. The van der Waals surface area contributed by atoms with Gasteiger partial charge in [-0.15, -0.1) is 0 Å². The van der Waals surface area contributed by atoms with Crippen molar-refractivity contribution >= 4 is 10.0 Å². The summed E-state index contributed by atoms with van der Waals surface area (Å²) in [5.41, 5.74) is 2.46. The highest BCUT2D eigenvalue weighted by Crippen LogP contribution is 2.59. The Kier molecular flexibility index (Phi) is 4.65. The summed E-state index contributed by atoms with van der Waals surface area (Å²) in [6, 6.07) is 0. The van der Waals surface area contributed by atoms with E-state index < -0.39 is 16.3 Å². The van der Waals surface area contributed by atoms with Crippen molar-refractivity contribution in [2.75, 3.05) is 19.4 Å². The quantitative estimate of drug-likeness (QED) is 0.794. The van der Waals surface area contributed by atoms with E-state index in [-0.39, 0.29) is 24.2 Å². The van der Waals surface area contributed by atoms with Crippen LogP contribution in [0.15, 0.2) is 35.5 Å². The Morgan fingerprint density at radius 3 is 3.04 bits per heavy atom. The first-order valence-corrected chi connectivity index (χ1v) is 11.2. The third-order valence-corrected chi connectivity index (χ3v) is 8.13. The standard InChI is InChI=1S/C19H28N2O4S/c1-20(26(23,24)12-6-11-22)17-13-19-9-4-2-7-15(19)14-21-10-5-3-8-16(21)18(19)25-17/h5,10,14,17,22H,2-4,6-9,11-13H2,1H3. The molecule has 1 saturated carbocycles. The number of nitrogens with zero attached hydrogens (tertiary/aromatic N) is 2. The topological polar surface area (TPSA) is 70.1 Å². The van der Waals surface area contributed by atoms with Gasteiger partial charge in [-0.3, -0.25) is 0 Å². The van der Waals surface area contributed by atoms with Gasteiger partial charge in [-0.05, 0) is 44.1 Å². The molecule has 4 aliphatic rings. The molecule has 7 heteroatoms. The summed E-state index contributed by atoms with van der Waals surface area (Å²) in [5.74, 6) is 0.962. The van der Waals surface area contributed by atoms with E-state index in [1.165, 1.54) is 22.0 Å². The van der Waals surface area contributed by atoms with Crippen molar-refractivity contribution in [3.05, 3.63) is 35.5 Å². The van der Waals surface area contributed by atoms with E-state index in [4.69, 9.17) is 9.84 Å². The predicted molar refractivity (Wildman–Crippen MR) is 99.0 cm³/mol. The summed E-state index contributed by atoms with van der Waals surface area (Å²) in [6.45, 7) is -0.119. The summed E-state index contributed by atoms with van der Waals surface area (Å²) in [4.78, 5) is 2.18. The molecule has 3 heterocycles. The lowest BCUT2D eigenvalue weighted by atomic mass is 9.66. The molecule has 1 aliphatic carbocycles. The van der Waals surface area contributed by atoms with Crippen LogP contribution in [0.5, 0.6) is 0 Å². The van der Waals surface area contributed by atoms with Gasteiger partial charge >= 0.3 is 0 Å². The molecule has 1 N–H and O–H groups in total. The minimum Gasteiger partial charge on any atom is -0.476 e. The van der Waals surface area contributed by atoms with Crippen LogP contribution >= 0.6 is 0 Å². The van der Waals surface area contributed by atoms with Gasteiger partial charge in [0.2, 0.25) is 10.0 Å². The zero-order chi connectivity index (χ0) is 18.4. The highest BCUT2D eigenvalue weighted by Gasteiger charge is 2.54. The maximum Gasteiger partial charge on any atom is 0.216 e. The van der Waals surface area contributed by atoms with Gasteiger partial charge in [0.05, 0.1) is 16.9 Å². The van der Waals surface area contributed by atoms with E-state index in [0.717, 1.165) is 37.9 Å². The summed E-state index contributed by atoms with van der Waals surface area (Å²) in [5, 5.41) is 8.99. The van der Waals surface area contributed by atoms with Crippen LogP contribution in [0.25, 0.3) is 0 Å². The van der Waals surface area contributed by atoms with Crippen LogP contribution in [-0.4, -0.2) is 48.4 Å². The van der Waals surface area contributed by atoms with E-state index in [1.54, 1.807) is 7.05 Å². The number of ether oxygens (including phenoxy) is 1. The molecule has 0 radical (unpaired) electrons. The normalized spacial score (nSPS) is 30.7. The van der Waals surface area contributed by atoms with E-state index in [1.807, 2.05) is 0 Å². The molecule has 0 aromatic carbocycles. The van der Waals surface area contributed by atoms with Gasteiger partial charge in [-0.1, -0.05) is 12.5 Å². The van der Waals surface area contributed by atoms with Crippen molar-refractivity contribution in [2.24, 2.45) is 5.41 Å². The average Bonchev–Trinajstić information content (AvgIpc) is 3.03. The largest absolute Gasteiger partial charge is 0.476 e. The Morgan fingerprint density at radius 2 is 2.23 bits per heavy atom. The molecular formula is C19H28N2O4S. The van der Waals surface area contributed by atoms with Crippen LogP contribution in [-0.2, 0) is 14.8 Å². The van der Waals surface area contributed by atoms with Gasteiger partial charge < -0.3 is 14.7 Å². The molecule has 6 nitrogen and oxygen atoms in total. The third kappa shape index (κ3) is 2.80. The average molecular weight is 381 g/mol. The van der Waals surface area contributed by atoms with E-state index in [2.05, 4.69) is 23.4 Å². The second kappa shape index (κ2) is 6.69. The number of sulfonamides is 1. The third-order valence-electron chi connectivity index (χ3n) is 6.21. The van der Waals surface area contributed by atoms with Crippen molar-refractivity contribution in [1.29, 1.82) is 0 Å². The number of hydrogen-bond acceptors (Lipinski definition) is 5. The van der Waals surface area contributed by atoms with Crippen molar-refractivity contribution in [2.45, 2.75) is 57.6 Å². The maximum atomic E-state index is 12.6. The Bertz CT molecular complexity index is 770. The van der Waals surface area contributed by atoms with Gasteiger partial charge in [0, 0.05) is 32.5 Å². The maximum absolute atomic E-state index is 12.6. The number of aliphatic hydroxyl groups excluding tert-OH is 1. The Labute approximate surface area is 155 Å². The predicted octanol–water partition coefficient (Wildman–Crippen LogP) is 2.66. The summed E-state index contributed by atoms with van der Waals surface area (Å²) >= 11 is 0. The van der Waals surface area contributed by atoms with Crippen LogP contribution in [0, 0.1) is 5.41 Å². The molecule has 0 bridgehead atoms. The second-order valence-electron chi connectivity index (χ2n) is 7.74. The van der Waals surface area contributed by atoms with Gasteiger partial charge in [0.15, 0.2) is 6.23 Å². The molecule has 1 spiro atoms. The number of rotatable bonds is 5. The molecule has 1 saturated heterocycles. The molecule has 0 amide bonds. The summed E-state index contributed by atoms with van der Waals surface area (Å²) < 4.78 is 33.0. The van der Waals surface area contributed by atoms with Crippen molar-refractivity contribution in [3.8, 4) is 0 Å². The molecule has 3 aliphatic heterocycles. The van der Waals surface area contributed by atoms with E-state index in [0.29, 0.717) is 6.42 Å². The fourth-order valence-electron chi connectivity index (χ4n) is 4.77. The number of fused-ring (bicyclic) bond motifs is 1. The molecule has 4 rings (SSSR count). The fourth-order valence-corrected chi connectivity index (χ4v) is 6.03. The minimum absolute atomic E-state index is 0.0453. The molecule has 0 aromatic rings. The van der Waals surface area contributed by atoms with Crippen LogP contribution in [0.3, 0.4) is 0 Å². The smallest absolute Gasteiger partial charge is 0.216 e. The minimum atomic E-state index is -3.44. The molecule has 2 fully saturated rings. The molecule has 144 valence electrons. The number of hydrogen-bond donors (Lipinski definition) is 1. The van der Waals surface area contributed by atoms with Crippen LogP contribution < -0.4 is 0 Å². The SMILES string of the molecule is CN(C1CC23CCCCC2=CN2C=CCCC2=C3O1)S(=O)(=O)CCCO. The Balaban J connectivity index is 1.68. The van der Waals surface area contributed by atoms with Crippen LogP contribution in [0.4, 0.5) is 0 Å². The molecular weight excluding hydrogens is 352 g/mol. The molecule has 2 unspecified atom stereocenters. The highest BCUT2D eigenvalue weighted by molar-refractivity contribution is 7.89. The first-order chi connectivity index (χ1) is 12.5. The number of aliphatic hydroxyl groups is 1. The highest BCUT2D eigenvalue weighted by atomic mass is 32.2. The lowest BCUT2D eigenvalue weighted by Crippen LogP contribution is -2.39. The van der Waals surface area contributed by atoms with Gasteiger partial charge in [0.25, 0.3) is 0 Å². The Hall–Kier alpha value is -1.31. The van der Waals surface area contributed by atoms with Crippen LogP contribution in [0.1, 0.15) is 51.4 Å². The van der Waals surface area contributed by atoms with E-state index in [9.17, 15) is 8.42 Å². The zero-order valence-electron chi connectivity index (χ0n) is 15.4. The lowest BCUT2D eigenvalue weighted by molar-refractivity contribution is 0.0704. The lowest BCUT2D eigenvalue weighted by Gasteiger charge is -2.42. The van der Waals surface area contributed by atoms with Gasteiger partial charge in [-0.2, -0.15) is 4.31 Å². The monoisotopic (exact) mass is 380 g/mol. The van der Waals surface area contributed by atoms with E-state index >= 15 is 0 Å². The molecule has 26 heavy (non-hydrogen) atoms. The Morgan fingerprint density at radius 1 is 1.38 bits per heavy atom. The van der Waals surface area contributed by atoms with Crippen molar-refractivity contribution < 1.29 is 18.3 Å². The number of allylic oxidation sites excluding steroid dienone is 3. The van der Waals surface area contributed by atoms with Crippen molar-refractivity contribution in [3.63, 3.8) is 0 Å². The fraction of sp³-hybridized carbons (Fsp3) is 0.684. The zero-order valence-corrected chi connectivity index (χ0v) is 16.2. The van der Waals surface area contributed by atoms with Gasteiger partial charge in [-0.25, -0.2) is 8.42 Å². The molecule has 0 aromatic heterocycles. The van der Waals surface area contributed by atoms with Crippen LogP contribution in [0.2, 0.25) is 0 Å².